The van der Waals surface area contributed by atoms with E-state index in [1.165, 1.54) is 18.2 Å². The lowest BCUT2D eigenvalue weighted by Crippen LogP contribution is -2.34. The van der Waals surface area contributed by atoms with Crippen molar-refractivity contribution in [3.63, 3.8) is 0 Å². The molecule has 0 spiro atoms. The van der Waals surface area contributed by atoms with Crippen molar-refractivity contribution in [3.05, 3.63) is 58.9 Å². The molecular formula is C19H20ClFN2O2. The van der Waals surface area contributed by atoms with Crippen molar-refractivity contribution in [1.82, 2.24) is 4.90 Å². The maximum atomic E-state index is 13.2. The first kappa shape index (κ1) is 17.7. The van der Waals surface area contributed by atoms with Crippen LogP contribution in [0.4, 0.5) is 10.1 Å². The Labute approximate surface area is 151 Å². The number of nitrogens with one attached hydrogen (secondary N) is 1. The van der Waals surface area contributed by atoms with E-state index in [2.05, 4.69) is 10.2 Å². The summed E-state index contributed by atoms with van der Waals surface area (Å²) in [6, 6.07) is 12.4. The van der Waals surface area contributed by atoms with Gasteiger partial charge in [-0.2, -0.15) is 0 Å². The van der Waals surface area contributed by atoms with E-state index in [1.807, 2.05) is 24.3 Å². The normalized spacial score (nSPS) is 13.8. The van der Waals surface area contributed by atoms with Crippen LogP contribution in [0.1, 0.15) is 18.4 Å². The molecule has 132 valence electrons. The summed E-state index contributed by atoms with van der Waals surface area (Å²) in [5.41, 5.74) is 1.63. The number of rotatable bonds is 7. The quantitative estimate of drug-likeness (QED) is 0.806. The van der Waals surface area contributed by atoms with Crippen LogP contribution >= 0.6 is 11.6 Å². The number of amides is 1. The Kier molecular flexibility index (Phi) is 5.56. The highest BCUT2D eigenvalue weighted by molar-refractivity contribution is 6.31. The topological polar surface area (TPSA) is 41.6 Å². The van der Waals surface area contributed by atoms with Crippen molar-refractivity contribution >= 4 is 23.2 Å². The van der Waals surface area contributed by atoms with Crippen molar-refractivity contribution in [3.8, 4) is 5.75 Å². The SMILES string of the molecule is COc1ccc(CN(CC(=O)Nc2ccc(F)c(Cl)c2)C2CC2)cc1. The number of nitrogens with zero attached hydrogens (tertiary/aromatic N) is 1. The molecule has 0 aliphatic heterocycles. The number of hydrogen-bond acceptors (Lipinski definition) is 3. The van der Waals surface area contributed by atoms with Gasteiger partial charge in [0.25, 0.3) is 0 Å². The third-order valence-corrected chi connectivity index (χ3v) is 4.45. The average molecular weight is 363 g/mol. The van der Waals surface area contributed by atoms with Gasteiger partial charge in [-0.05, 0) is 48.7 Å². The molecule has 25 heavy (non-hydrogen) atoms. The largest absolute Gasteiger partial charge is 0.497 e. The van der Waals surface area contributed by atoms with Gasteiger partial charge >= 0.3 is 0 Å². The van der Waals surface area contributed by atoms with Gasteiger partial charge in [0.1, 0.15) is 11.6 Å². The number of carbonyl (C=O) groups excluding carboxylic acids is 1. The highest BCUT2D eigenvalue weighted by Crippen LogP contribution is 2.28. The molecule has 1 N–H and O–H groups in total. The van der Waals surface area contributed by atoms with Crippen molar-refractivity contribution in [1.29, 1.82) is 0 Å². The zero-order valence-corrected chi connectivity index (χ0v) is 14.7. The molecule has 3 rings (SSSR count). The van der Waals surface area contributed by atoms with Crippen molar-refractivity contribution in [2.45, 2.75) is 25.4 Å². The van der Waals surface area contributed by atoms with Crippen LogP contribution in [-0.2, 0) is 11.3 Å². The molecule has 1 amide bonds. The molecule has 0 atom stereocenters. The smallest absolute Gasteiger partial charge is 0.238 e. The van der Waals surface area contributed by atoms with Gasteiger partial charge < -0.3 is 10.1 Å². The van der Waals surface area contributed by atoms with Gasteiger partial charge in [-0.3, -0.25) is 9.69 Å². The van der Waals surface area contributed by atoms with E-state index in [9.17, 15) is 9.18 Å². The summed E-state index contributed by atoms with van der Waals surface area (Å²) in [6.07, 6.45) is 2.21. The van der Waals surface area contributed by atoms with Crippen LogP contribution < -0.4 is 10.1 Å². The molecule has 2 aromatic carbocycles. The molecule has 6 heteroatoms. The second-order valence-corrected chi connectivity index (χ2v) is 6.57. The number of halogens is 2. The maximum Gasteiger partial charge on any atom is 0.238 e. The van der Waals surface area contributed by atoms with Gasteiger partial charge in [0.15, 0.2) is 0 Å². The number of hydrogen-bond donors (Lipinski definition) is 1. The third-order valence-electron chi connectivity index (χ3n) is 4.16. The fraction of sp³-hybridized carbons (Fsp3) is 0.316. The molecule has 4 nitrogen and oxygen atoms in total. The van der Waals surface area contributed by atoms with Gasteiger partial charge in [-0.25, -0.2) is 4.39 Å². The Bertz CT molecular complexity index is 748. The fourth-order valence-corrected chi connectivity index (χ4v) is 2.86. The first-order chi connectivity index (χ1) is 12.0. The summed E-state index contributed by atoms with van der Waals surface area (Å²) in [6.45, 7) is 0.984. The number of carbonyl (C=O) groups is 1. The van der Waals surface area contributed by atoms with E-state index in [-0.39, 0.29) is 17.5 Å². The lowest BCUT2D eigenvalue weighted by atomic mass is 10.2. The Hall–Kier alpha value is -2.11. The molecular weight excluding hydrogens is 343 g/mol. The molecule has 0 unspecified atom stereocenters. The van der Waals surface area contributed by atoms with Gasteiger partial charge in [0, 0.05) is 18.3 Å². The van der Waals surface area contributed by atoms with Crippen LogP contribution in [0.25, 0.3) is 0 Å². The van der Waals surface area contributed by atoms with E-state index < -0.39 is 5.82 Å². The fourth-order valence-electron chi connectivity index (χ4n) is 2.68. The molecule has 1 aliphatic carbocycles. The van der Waals surface area contributed by atoms with Crippen LogP contribution in [0.15, 0.2) is 42.5 Å². The summed E-state index contributed by atoms with van der Waals surface area (Å²) in [4.78, 5) is 14.5. The Morgan fingerprint density at radius 1 is 1.28 bits per heavy atom. The highest BCUT2D eigenvalue weighted by atomic mass is 35.5. The molecule has 0 heterocycles. The number of ether oxygens (including phenoxy) is 1. The minimum absolute atomic E-state index is 0.00455. The number of methoxy groups -OCH3 is 1. The molecule has 1 aliphatic rings. The molecule has 2 aromatic rings. The summed E-state index contributed by atoms with van der Waals surface area (Å²) in [5.74, 6) is 0.175. The number of benzene rings is 2. The number of anilines is 1. The lowest BCUT2D eigenvalue weighted by Gasteiger charge is -2.21. The van der Waals surface area contributed by atoms with E-state index in [4.69, 9.17) is 16.3 Å². The van der Waals surface area contributed by atoms with Crippen LogP contribution in [-0.4, -0.2) is 30.5 Å². The molecule has 0 saturated heterocycles. The van der Waals surface area contributed by atoms with Crippen molar-refractivity contribution < 1.29 is 13.9 Å². The minimum atomic E-state index is -0.501. The first-order valence-corrected chi connectivity index (χ1v) is 8.55. The standard InChI is InChI=1S/C19H20ClFN2O2/c1-25-16-7-2-13(3-8-16)11-23(15-5-6-15)12-19(24)22-14-4-9-18(21)17(20)10-14/h2-4,7-10,15H,5-6,11-12H2,1H3,(H,22,24). The maximum absolute atomic E-state index is 13.2. The molecule has 1 saturated carbocycles. The van der Waals surface area contributed by atoms with Crippen LogP contribution in [0.2, 0.25) is 5.02 Å². The highest BCUT2D eigenvalue weighted by Gasteiger charge is 2.30. The van der Waals surface area contributed by atoms with E-state index in [0.29, 0.717) is 18.3 Å². The Morgan fingerprint density at radius 2 is 2.00 bits per heavy atom. The third kappa shape index (κ3) is 4.94. The molecule has 0 bridgehead atoms. The second-order valence-electron chi connectivity index (χ2n) is 6.16. The van der Waals surface area contributed by atoms with Crippen LogP contribution in [0.5, 0.6) is 5.75 Å². The van der Waals surface area contributed by atoms with E-state index in [0.717, 1.165) is 24.2 Å². The van der Waals surface area contributed by atoms with Crippen molar-refractivity contribution in [2.24, 2.45) is 0 Å². The summed E-state index contributed by atoms with van der Waals surface area (Å²) >= 11 is 5.75. The zero-order valence-electron chi connectivity index (χ0n) is 14.0. The molecule has 0 aromatic heterocycles. The summed E-state index contributed by atoms with van der Waals surface area (Å²) in [7, 11) is 1.64. The van der Waals surface area contributed by atoms with Crippen molar-refractivity contribution in [2.75, 3.05) is 19.0 Å². The van der Waals surface area contributed by atoms with Gasteiger partial charge in [0.05, 0.1) is 18.7 Å². The first-order valence-electron chi connectivity index (χ1n) is 8.17. The molecule has 0 radical (unpaired) electrons. The van der Waals surface area contributed by atoms with Gasteiger partial charge in [-0.15, -0.1) is 0 Å². The Morgan fingerprint density at radius 3 is 2.60 bits per heavy atom. The summed E-state index contributed by atoms with van der Waals surface area (Å²) in [5, 5.41) is 2.77. The predicted octanol–water partition coefficient (Wildman–Crippen LogP) is 4.09. The van der Waals surface area contributed by atoms with Crippen LogP contribution in [0.3, 0.4) is 0 Å². The van der Waals surface area contributed by atoms with Gasteiger partial charge in [0.2, 0.25) is 5.91 Å². The van der Waals surface area contributed by atoms with Gasteiger partial charge in [-0.1, -0.05) is 23.7 Å². The minimum Gasteiger partial charge on any atom is -0.497 e. The van der Waals surface area contributed by atoms with E-state index in [1.54, 1.807) is 7.11 Å². The monoisotopic (exact) mass is 362 g/mol. The second kappa shape index (κ2) is 7.85. The zero-order chi connectivity index (χ0) is 17.8. The van der Waals surface area contributed by atoms with E-state index >= 15 is 0 Å². The average Bonchev–Trinajstić information content (AvgIpc) is 3.43. The van der Waals surface area contributed by atoms with Crippen LogP contribution in [0, 0.1) is 5.82 Å². The summed E-state index contributed by atoms with van der Waals surface area (Å²) < 4.78 is 18.4. The Balaban J connectivity index is 1.60. The molecule has 1 fully saturated rings. The lowest BCUT2D eigenvalue weighted by molar-refractivity contribution is -0.117. The predicted molar refractivity (Wildman–Crippen MR) is 96.5 cm³/mol.